The number of benzene rings is 4. The van der Waals surface area contributed by atoms with Crippen LogP contribution in [0.4, 0.5) is 5.69 Å². The minimum Gasteiger partial charge on any atom is -0.355 e. The summed E-state index contributed by atoms with van der Waals surface area (Å²) >= 11 is 18.7. The van der Waals surface area contributed by atoms with Crippen LogP contribution in [0.25, 0.3) is 0 Å². The summed E-state index contributed by atoms with van der Waals surface area (Å²) in [7, 11) is -4.24. The Morgan fingerprint density at radius 1 is 0.791 bits per heavy atom. The summed E-state index contributed by atoms with van der Waals surface area (Å²) in [5.74, 6) is -0.966. The van der Waals surface area contributed by atoms with Crippen molar-refractivity contribution in [2.24, 2.45) is 0 Å². The molecule has 0 saturated carbocycles. The average Bonchev–Trinajstić information content (AvgIpc) is 3.00. The number of likely N-dealkylation sites (N-methyl/N-ethyl adjacent to an activating group) is 1. The smallest absolute Gasteiger partial charge is 0.264 e. The minimum absolute atomic E-state index is 0.00856. The van der Waals surface area contributed by atoms with Crippen molar-refractivity contribution in [1.29, 1.82) is 0 Å². The average molecular weight is 659 g/mol. The summed E-state index contributed by atoms with van der Waals surface area (Å²) in [4.78, 5) is 29.2. The second-order valence-corrected chi connectivity index (χ2v) is 12.8. The number of carbonyl (C=O) groups excluding carboxylic acids is 2. The number of halogens is 3. The zero-order valence-electron chi connectivity index (χ0n) is 23.3. The molecule has 224 valence electrons. The maximum Gasteiger partial charge on any atom is 0.264 e. The van der Waals surface area contributed by atoms with Gasteiger partial charge in [-0.1, -0.05) is 95.5 Å². The summed E-state index contributed by atoms with van der Waals surface area (Å²) in [5.41, 5.74) is 1.66. The third-order valence-electron chi connectivity index (χ3n) is 6.67. The summed E-state index contributed by atoms with van der Waals surface area (Å²) in [6.07, 6.45) is 0.206. The van der Waals surface area contributed by atoms with Crippen LogP contribution in [0.1, 0.15) is 18.1 Å². The van der Waals surface area contributed by atoms with Crippen molar-refractivity contribution in [2.75, 3.05) is 17.4 Å². The largest absolute Gasteiger partial charge is 0.355 e. The van der Waals surface area contributed by atoms with Gasteiger partial charge in [-0.2, -0.15) is 0 Å². The molecule has 0 aromatic heterocycles. The molecule has 0 aliphatic carbocycles. The van der Waals surface area contributed by atoms with Crippen molar-refractivity contribution in [2.45, 2.75) is 30.8 Å². The molecule has 4 rings (SSSR count). The molecule has 0 heterocycles. The Hall–Kier alpha value is -3.56. The fourth-order valence-electron chi connectivity index (χ4n) is 4.57. The van der Waals surface area contributed by atoms with E-state index in [1.807, 2.05) is 30.3 Å². The van der Waals surface area contributed by atoms with Gasteiger partial charge >= 0.3 is 0 Å². The molecule has 1 N–H and O–H groups in total. The van der Waals surface area contributed by atoms with Gasteiger partial charge in [-0.05, 0) is 60.5 Å². The highest BCUT2D eigenvalue weighted by molar-refractivity contribution is 7.92. The van der Waals surface area contributed by atoms with E-state index in [1.165, 1.54) is 35.2 Å². The molecule has 1 atom stereocenters. The zero-order valence-corrected chi connectivity index (χ0v) is 26.4. The van der Waals surface area contributed by atoms with Gasteiger partial charge in [-0.3, -0.25) is 13.9 Å². The van der Waals surface area contributed by atoms with Crippen molar-refractivity contribution in [1.82, 2.24) is 10.2 Å². The van der Waals surface area contributed by atoms with Crippen molar-refractivity contribution in [3.63, 3.8) is 0 Å². The lowest BCUT2D eigenvalue weighted by atomic mass is 10.0. The molecule has 7 nitrogen and oxygen atoms in total. The van der Waals surface area contributed by atoms with Crippen LogP contribution >= 0.6 is 34.8 Å². The molecule has 4 aromatic rings. The summed E-state index contributed by atoms with van der Waals surface area (Å²) in [6.45, 7) is 1.54. The van der Waals surface area contributed by atoms with Crippen molar-refractivity contribution in [3.8, 4) is 0 Å². The molecule has 0 radical (unpaired) electrons. The van der Waals surface area contributed by atoms with Crippen molar-refractivity contribution in [3.05, 3.63) is 129 Å². The second-order valence-electron chi connectivity index (χ2n) is 9.67. The Labute approximate surface area is 267 Å². The standard InChI is InChI=1S/C32H30Cl3N3O4S/c1-2-36-32(40)30(19-23-10-5-3-6-11-23)37(21-24-12-9-13-25(33)18-24)31(39)22-38(26-16-17-28(34)29(35)20-26)43(41,42)27-14-7-4-8-15-27/h3-18,20,30H,2,19,21-22H2,1H3,(H,36,40)/t30-/m0/s1. The molecule has 0 spiro atoms. The molecule has 2 amide bonds. The van der Waals surface area contributed by atoms with Gasteiger partial charge in [0, 0.05) is 24.5 Å². The Morgan fingerprint density at radius 3 is 2.07 bits per heavy atom. The lowest BCUT2D eigenvalue weighted by Crippen LogP contribution is -2.53. The number of amides is 2. The van der Waals surface area contributed by atoms with Crippen LogP contribution in [-0.2, 0) is 32.6 Å². The lowest BCUT2D eigenvalue weighted by molar-refractivity contribution is -0.140. The van der Waals surface area contributed by atoms with E-state index in [1.54, 1.807) is 49.4 Å². The molecule has 0 unspecified atom stereocenters. The molecule has 4 aromatic carbocycles. The summed E-state index contributed by atoms with van der Waals surface area (Å²) < 4.78 is 28.9. The molecule has 0 bridgehead atoms. The Kier molecular flexibility index (Phi) is 11.1. The van der Waals surface area contributed by atoms with Crippen LogP contribution in [0.3, 0.4) is 0 Å². The molecular weight excluding hydrogens is 629 g/mol. The van der Waals surface area contributed by atoms with Gasteiger partial charge in [0.15, 0.2) is 0 Å². The first-order chi connectivity index (χ1) is 20.6. The molecular formula is C32H30Cl3N3O4S. The first kappa shape index (κ1) is 32.4. The van der Waals surface area contributed by atoms with E-state index in [4.69, 9.17) is 34.8 Å². The number of nitrogens with zero attached hydrogens (tertiary/aromatic N) is 2. The van der Waals surface area contributed by atoms with Gasteiger partial charge in [0.05, 0.1) is 20.6 Å². The van der Waals surface area contributed by atoms with Crippen LogP contribution in [0.5, 0.6) is 0 Å². The van der Waals surface area contributed by atoms with Crippen LogP contribution in [-0.4, -0.2) is 44.3 Å². The fourth-order valence-corrected chi connectivity index (χ4v) is 6.50. The van der Waals surface area contributed by atoms with E-state index >= 15 is 0 Å². The Bertz CT molecular complexity index is 1670. The predicted molar refractivity (Wildman–Crippen MR) is 172 cm³/mol. The van der Waals surface area contributed by atoms with E-state index in [-0.39, 0.29) is 39.5 Å². The Morgan fingerprint density at radius 2 is 1.44 bits per heavy atom. The van der Waals surface area contributed by atoms with Crippen molar-refractivity contribution >= 4 is 62.3 Å². The number of anilines is 1. The molecule has 11 heteroatoms. The summed E-state index contributed by atoms with van der Waals surface area (Å²) in [6, 6.07) is 27.4. The fraction of sp³-hybridized carbons (Fsp3) is 0.188. The first-order valence-corrected chi connectivity index (χ1v) is 16.1. The number of rotatable bonds is 12. The Balaban J connectivity index is 1.81. The van der Waals surface area contributed by atoms with Gasteiger partial charge < -0.3 is 10.2 Å². The normalized spacial score (nSPS) is 11.9. The van der Waals surface area contributed by atoms with E-state index in [0.29, 0.717) is 17.1 Å². The first-order valence-electron chi connectivity index (χ1n) is 13.5. The number of hydrogen-bond acceptors (Lipinski definition) is 4. The number of hydrogen-bond donors (Lipinski definition) is 1. The van der Waals surface area contributed by atoms with Gasteiger partial charge in [0.25, 0.3) is 10.0 Å². The van der Waals surface area contributed by atoms with Crippen LogP contribution in [0, 0.1) is 0 Å². The van der Waals surface area contributed by atoms with Gasteiger partial charge in [-0.15, -0.1) is 0 Å². The molecule has 43 heavy (non-hydrogen) atoms. The molecule has 0 saturated heterocycles. The van der Waals surface area contributed by atoms with E-state index in [2.05, 4.69) is 5.32 Å². The highest BCUT2D eigenvalue weighted by Crippen LogP contribution is 2.31. The third kappa shape index (κ3) is 8.30. The van der Waals surface area contributed by atoms with Crippen LogP contribution < -0.4 is 9.62 Å². The van der Waals surface area contributed by atoms with Gasteiger partial charge in [0.2, 0.25) is 11.8 Å². The zero-order chi connectivity index (χ0) is 31.0. The monoisotopic (exact) mass is 657 g/mol. The van der Waals surface area contributed by atoms with E-state index < -0.39 is 28.5 Å². The maximum atomic E-state index is 14.3. The van der Waals surface area contributed by atoms with E-state index in [0.717, 1.165) is 9.87 Å². The minimum atomic E-state index is -4.24. The van der Waals surface area contributed by atoms with Gasteiger partial charge in [-0.25, -0.2) is 8.42 Å². The SMILES string of the molecule is CCNC(=O)[C@H](Cc1ccccc1)N(Cc1cccc(Cl)c1)C(=O)CN(c1ccc(Cl)c(Cl)c1)S(=O)(=O)c1ccccc1. The molecule has 0 fully saturated rings. The quantitative estimate of drug-likeness (QED) is 0.185. The second kappa shape index (κ2) is 14.8. The third-order valence-corrected chi connectivity index (χ3v) is 9.43. The topological polar surface area (TPSA) is 86.8 Å². The van der Waals surface area contributed by atoms with Crippen LogP contribution in [0.2, 0.25) is 15.1 Å². The highest BCUT2D eigenvalue weighted by Gasteiger charge is 2.34. The molecule has 0 aliphatic heterocycles. The summed E-state index contributed by atoms with van der Waals surface area (Å²) in [5, 5.41) is 3.65. The predicted octanol–water partition coefficient (Wildman–Crippen LogP) is 6.62. The van der Waals surface area contributed by atoms with E-state index in [9.17, 15) is 18.0 Å². The highest BCUT2D eigenvalue weighted by atomic mass is 35.5. The number of nitrogens with one attached hydrogen (secondary N) is 1. The van der Waals surface area contributed by atoms with Gasteiger partial charge in [0.1, 0.15) is 12.6 Å². The molecule has 0 aliphatic rings. The van der Waals surface area contributed by atoms with Crippen LogP contribution in [0.15, 0.2) is 108 Å². The van der Waals surface area contributed by atoms with Crippen molar-refractivity contribution < 1.29 is 18.0 Å². The maximum absolute atomic E-state index is 14.3. The number of sulfonamides is 1. The lowest BCUT2D eigenvalue weighted by Gasteiger charge is -2.34. The number of carbonyl (C=O) groups is 2.